The molecule has 0 bridgehead atoms. The summed E-state index contributed by atoms with van der Waals surface area (Å²) >= 11 is 0. The smallest absolute Gasteiger partial charge is 0.207 e. The molecule has 9 atom stereocenters. The molecule has 0 spiro atoms. The van der Waals surface area contributed by atoms with Crippen LogP contribution in [0, 0.1) is 58.2 Å². The Hall–Kier alpha value is -2.16. The second kappa shape index (κ2) is 16.9. The monoisotopic (exact) mass is 671 g/mol. The molecule has 49 heavy (non-hydrogen) atoms. The Morgan fingerprint density at radius 2 is 1.47 bits per heavy atom. The normalized spacial score (nSPS) is 36.6. The number of nitrogens with zero attached hydrogens (tertiary/aromatic N) is 1. The van der Waals surface area contributed by atoms with Gasteiger partial charge in [0.2, 0.25) is 6.41 Å². The number of hydrogen-bond donors (Lipinski definition) is 1. The van der Waals surface area contributed by atoms with Crippen molar-refractivity contribution >= 4 is 6.41 Å². The Morgan fingerprint density at radius 1 is 0.776 bits per heavy atom. The molecule has 5 aliphatic rings. The van der Waals surface area contributed by atoms with Gasteiger partial charge in [0, 0.05) is 24.9 Å². The van der Waals surface area contributed by atoms with E-state index < -0.39 is 0 Å². The fourth-order valence-corrected chi connectivity index (χ4v) is 12.8. The fourth-order valence-electron chi connectivity index (χ4n) is 12.8. The lowest BCUT2D eigenvalue weighted by atomic mass is 9.35. The number of hydrogen-bond acceptors (Lipinski definition) is 2. The molecule has 3 heteroatoms. The first kappa shape index (κ1) is 39.6. The Kier molecular flexibility index (Phi) is 13.7. The van der Waals surface area contributed by atoms with Gasteiger partial charge in [-0.3, -0.25) is 9.78 Å². The summed E-state index contributed by atoms with van der Waals surface area (Å²) in [6.07, 6.45) is 21.1. The lowest BCUT2D eigenvalue weighted by Gasteiger charge is -2.69. The Morgan fingerprint density at radius 3 is 2.12 bits per heavy atom. The van der Waals surface area contributed by atoms with Crippen LogP contribution in [0.4, 0.5) is 0 Å². The minimum absolute atomic E-state index is 0.400. The highest BCUT2D eigenvalue weighted by Crippen LogP contribution is 2.74. The highest BCUT2D eigenvalue weighted by atomic mass is 16.1. The first-order valence-corrected chi connectivity index (χ1v) is 20.6. The molecule has 5 fully saturated rings. The average Bonchev–Trinajstić information content (AvgIpc) is 3.49. The van der Waals surface area contributed by atoms with E-state index in [1.807, 2.05) is 32.0 Å². The number of aryl methyl sites for hydroxylation is 1. The Balaban J connectivity index is 0.000000284. The van der Waals surface area contributed by atoms with E-state index in [-0.39, 0.29) is 0 Å². The molecule has 2 aromatic rings. The summed E-state index contributed by atoms with van der Waals surface area (Å²) in [6.45, 7) is 24.7. The molecule has 1 heterocycles. The van der Waals surface area contributed by atoms with Gasteiger partial charge in [0.15, 0.2) is 0 Å². The van der Waals surface area contributed by atoms with Crippen molar-refractivity contribution in [1.29, 1.82) is 0 Å². The van der Waals surface area contributed by atoms with Crippen molar-refractivity contribution in [2.45, 2.75) is 159 Å². The number of amides is 1. The zero-order valence-electron chi connectivity index (χ0n) is 33.4. The second-order valence-corrected chi connectivity index (χ2v) is 17.9. The topological polar surface area (TPSA) is 42.0 Å². The maximum Gasteiger partial charge on any atom is 0.207 e. The van der Waals surface area contributed by atoms with Crippen LogP contribution in [-0.4, -0.2) is 17.9 Å². The van der Waals surface area contributed by atoms with Gasteiger partial charge in [0.25, 0.3) is 0 Å². The number of pyridine rings is 1. The minimum Gasteiger partial charge on any atom is -0.358 e. The first-order chi connectivity index (χ1) is 23.4. The quantitative estimate of drug-likeness (QED) is 0.254. The molecule has 7 rings (SSSR count). The molecule has 0 radical (unpaired) electrons. The predicted molar refractivity (Wildman–Crippen MR) is 210 cm³/mol. The van der Waals surface area contributed by atoms with Gasteiger partial charge < -0.3 is 5.32 Å². The second-order valence-electron chi connectivity index (χ2n) is 17.9. The van der Waals surface area contributed by atoms with Crippen LogP contribution in [0.1, 0.15) is 162 Å². The summed E-state index contributed by atoms with van der Waals surface area (Å²) < 4.78 is 0. The van der Waals surface area contributed by atoms with Crippen LogP contribution in [0.5, 0.6) is 0 Å². The van der Waals surface area contributed by atoms with Gasteiger partial charge in [0.05, 0.1) is 0 Å². The van der Waals surface area contributed by atoms with Gasteiger partial charge >= 0.3 is 0 Å². The number of carbonyl (C=O) groups is 1. The van der Waals surface area contributed by atoms with Crippen molar-refractivity contribution in [3.63, 3.8) is 0 Å². The third-order valence-electron chi connectivity index (χ3n) is 14.8. The minimum atomic E-state index is 0.400. The molecule has 1 amide bonds. The van der Waals surface area contributed by atoms with Gasteiger partial charge in [-0.2, -0.15) is 0 Å². The number of carbonyl (C=O) groups excluding carboxylic acids is 1. The average molecular weight is 671 g/mol. The largest absolute Gasteiger partial charge is 0.358 e. The number of nitrogens with one attached hydrogen (secondary N) is 1. The molecule has 9 unspecified atom stereocenters. The van der Waals surface area contributed by atoms with Crippen LogP contribution in [0.25, 0.3) is 0 Å². The molecule has 3 nitrogen and oxygen atoms in total. The molecular weight excluding hydrogens is 597 g/mol. The third kappa shape index (κ3) is 8.02. The zero-order chi connectivity index (χ0) is 35.9. The number of rotatable bonds is 5. The maximum atomic E-state index is 9.86. The maximum absolute atomic E-state index is 9.86. The van der Waals surface area contributed by atoms with E-state index in [0.717, 1.165) is 47.6 Å². The van der Waals surface area contributed by atoms with Crippen molar-refractivity contribution in [3.05, 3.63) is 65.5 Å². The summed E-state index contributed by atoms with van der Waals surface area (Å²) in [7, 11) is 0. The van der Waals surface area contributed by atoms with Crippen LogP contribution in [0.2, 0.25) is 0 Å². The van der Waals surface area contributed by atoms with E-state index >= 15 is 0 Å². The van der Waals surface area contributed by atoms with Gasteiger partial charge in [-0.15, -0.1) is 0 Å². The van der Waals surface area contributed by atoms with Crippen molar-refractivity contribution in [2.75, 3.05) is 6.54 Å². The van der Waals surface area contributed by atoms with E-state index in [1.165, 1.54) is 63.4 Å². The van der Waals surface area contributed by atoms with Crippen LogP contribution in [0.3, 0.4) is 0 Å². The number of aromatic nitrogens is 1. The lowest BCUT2D eigenvalue weighted by Crippen LogP contribution is -2.62. The van der Waals surface area contributed by atoms with E-state index in [1.54, 1.807) is 31.0 Å². The van der Waals surface area contributed by atoms with E-state index in [0.29, 0.717) is 34.6 Å². The third-order valence-corrected chi connectivity index (χ3v) is 14.8. The van der Waals surface area contributed by atoms with Crippen LogP contribution in [-0.2, 0) is 11.2 Å². The number of fused-ring (bicyclic) bond motifs is 7. The zero-order valence-corrected chi connectivity index (χ0v) is 33.4. The molecule has 0 aliphatic heterocycles. The summed E-state index contributed by atoms with van der Waals surface area (Å²) in [5.41, 5.74) is 6.24. The van der Waals surface area contributed by atoms with Crippen molar-refractivity contribution < 1.29 is 4.79 Å². The molecule has 274 valence electrons. The number of benzene rings is 1. The highest BCUT2D eigenvalue weighted by molar-refractivity contribution is 5.45. The molecule has 5 aliphatic carbocycles. The van der Waals surface area contributed by atoms with E-state index in [9.17, 15) is 4.79 Å². The molecule has 5 saturated carbocycles. The lowest BCUT2D eigenvalue weighted by molar-refractivity contribution is -0.198. The van der Waals surface area contributed by atoms with Gasteiger partial charge in [0.1, 0.15) is 0 Å². The summed E-state index contributed by atoms with van der Waals surface area (Å²) in [4.78, 5) is 14.0. The van der Waals surface area contributed by atoms with E-state index in [2.05, 4.69) is 90.0 Å². The van der Waals surface area contributed by atoms with Crippen molar-refractivity contribution in [3.8, 4) is 0 Å². The fraction of sp³-hybridized carbons (Fsp3) is 0.739. The Labute approximate surface area is 302 Å². The molecular formula is C46H74N2O. The van der Waals surface area contributed by atoms with Crippen LogP contribution >= 0.6 is 0 Å². The summed E-state index contributed by atoms with van der Waals surface area (Å²) in [6, 6.07) is 15.3. The van der Waals surface area contributed by atoms with Crippen molar-refractivity contribution in [2.24, 2.45) is 51.2 Å². The van der Waals surface area contributed by atoms with Crippen LogP contribution in [0.15, 0.2) is 48.7 Å². The Bertz CT molecular complexity index is 1290. The van der Waals surface area contributed by atoms with Crippen molar-refractivity contribution in [1.82, 2.24) is 10.3 Å². The summed E-state index contributed by atoms with van der Waals surface area (Å²) in [5.74, 6) is 5.67. The SMILES string of the molecule is CC.CCC.Cc1ccc(C2CCC3(C)C(CCC4(C)C5CCC6(C)CCCC6C5CCC43)C2(C)C)cc1.O=CNCCc1ccccn1. The summed E-state index contributed by atoms with van der Waals surface area (Å²) in [5, 5.41) is 2.58. The molecule has 1 aromatic heterocycles. The van der Waals surface area contributed by atoms with E-state index in [4.69, 9.17) is 0 Å². The van der Waals surface area contributed by atoms with Crippen LogP contribution < -0.4 is 5.32 Å². The first-order valence-electron chi connectivity index (χ1n) is 20.6. The molecule has 1 N–H and O–H groups in total. The van der Waals surface area contributed by atoms with Gasteiger partial charge in [-0.25, -0.2) is 0 Å². The molecule has 0 saturated heterocycles. The van der Waals surface area contributed by atoms with Gasteiger partial charge in [-0.05, 0) is 146 Å². The highest BCUT2D eigenvalue weighted by Gasteiger charge is 2.65. The molecule has 1 aromatic carbocycles. The standard InChI is InChI=1S/C33H50.C8H10N2O.C3H8.C2H6/c1-22-9-11-23(12-10-22)25-16-20-33(6)28(30(25,2)3)17-21-32(5)27-15-19-31(4)18-7-8-26(31)24(27)13-14-29(32)33;11-7-9-6-4-8-3-1-2-5-10-8;1-3-2;1-2/h9-12,24-29H,7-8,13-21H2,1-6H3;1-3,5,7H,4,6H2,(H,9,11);3H2,1-2H3;1-2H3. The van der Waals surface area contributed by atoms with Gasteiger partial charge in [-0.1, -0.05) is 111 Å². The predicted octanol–water partition coefficient (Wildman–Crippen LogP) is 12.4.